The number of hydrogen-bond acceptors (Lipinski definition) is 6. The highest BCUT2D eigenvalue weighted by atomic mass is 16.4. The Balaban J connectivity index is 1.42. The van der Waals surface area contributed by atoms with Crippen molar-refractivity contribution in [1.82, 2.24) is 20.4 Å². The van der Waals surface area contributed by atoms with E-state index in [1.807, 2.05) is 24.3 Å². The van der Waals surface area contributed by atoms with Gasteiger partial charge in [0.05, 0.1) is 0 Å². The molecule has 2 heterocycles. The van der Waals surface area contributed by atoms with Crippen LogP contribution in [0.5, 0.6) is 0 Å². The number of fused-ring (bicyclic) bond motifs is 2. The highest BCUT2D eigenvalue weighted by molar-refractivity contribution is 6.21. The average Bonchev–Trinajstić information content (AvgIpc) is 3.60. The molecule has 7 rings (SSSR count). The molecular formula is C32H22N4O2. The smallest absolute Gasteiger partial charge is 0.247 e. The molecule has 0 atom stereocenters. The van der Waals surface area contributed by atoms with Gasteiger partial charge in [0.25, 0.3) is 0 Å². The first-order valence-electron chi connectivity index (χ1n) is 12.4. The summed E-state index contributed by atoms with van der Waals surface area (Å²) in [6, 6.07) is 33.9. The Labute approximate surface area is 218 Å². The van der Waals surface area contributed by atoms with Gasteiger partial charge in [0.1, 0.15) is 0 Å². The summed E-state index contributed by atoms with van der Waals surface area (Å²) in [6.07, 6.45) is 0. The van der Waals surface area contributed by atoms with E-state index < -0.39 is 0 Å². The lowest BCUT2D eigenvalue weighted by Gasteiger charge is -2.18. The fourth-order valence-corrected chi connectivity index (χ4v) is 5.14. The van der Waals surface area contributed by atoms with E-state index in [0.717, 1.165) is 22.3 Å². The summed E-state index contributed by atoms with van der Waals surface area (Å²) in [5.74, 6) is 2.16. The van der Waals surface area contributed by atoms with Crippen LogP contribution in [0.3, 0.4) is 0 Å². The molecule has 0 aliphatic heterocycles. The summed E-state index contributed by atoms with van der Waals surface area (Å²) in [4.78, 5) is 0. The molecule has 0 spiro atoms. The molecule has 0 unspecified atom stereocenters. The monoisotopic (exact) mass is 494 g/mol. The molecule has 6 nitrogen and oxygen atoms in total. The van der Waals surface area contributed by atoms with Crippen LogP contribution in [-0.4, -0.2) is 20.4 Å². The number of aryl methyl sites for hydroxylation is 2. The van der Waals surface area contributed by atoms with Crippen molar-refractivity contribution in [2.24, 2.45) is 0 Å². The van der Waals surface area contributed by atoms with Crippen molar-refractivity contribution in [2.45, 2.75) is 13.8 Å². The molecule has 5 aromatic carbocycles. The third-order valence-electron chi connectivity index (χ3n) is 6.82. The largest absolute Gasteiger partial charge is 0.421 e. The van der Waals surface area contributed by atoms with Crippen molar-refractivity contribution in [1.29, 1.82) is 0 Å². The van der Waals surface area contributed by atoms with Crippen molar-refractivity contribution in [3.8, 4) is 45.2 Å². The minimum Gasteiger partial charge on any atom is -0.421 e. The first-order valence-corrected chi connectivity index (χ1v) is 12.4. The Bertz CT molecular complexity index is 1730. The van der Waals surface area contributed by atoms with E-state index in [9.17, 15) is 0 Å². The summed E-state index contributed by atoms with van der Waals surface area (Å²) in [5.41, 5.74) is 6.46. The molecule has 182 valence electrons. The third kappa shape index (κ3) is 3.66. The molecule has 0 aliphatic carbocycles. The van der Waals surface area contributed by atoms with Crippen LogP contribution in [0.1, 0.15) is 11.8 Å². The molecule has 0 radical (unpaired) electrons. The van der Waals surface area contributed by atoms with Crippen molar-refractivity contribution < 1.29 is 8.83 Å². The first kappa shape index (κ1) is 22.1. The number of aromatic nitrogens is 4. The molecule has 6 heteroatoms. The van der Waals surface area contributed by atoms with Crippen LogP contribution in [0.15, 0.2) is 106 Å². The zero-order chi connectivity index (χ0) is 25.6. The van der Waals surface area contributed by atoms with E-state index in [4.69, 9.17) is 8.83 Å². The maximum atomic E-state index is 5.62. The van der Waals surface area contributed by atoms with E-state index in [1.54, 1.807) is 13.8 Å². The van der Waals surface area contributed by atoms with Crippen molar-refractivity contribution in [3.05, 3.63) is 109 Å². The molecule has 0 bridgehead atoms. The van der Waals surface area contributed by atoms with Crippen LogP contribution >= 0.6 is 0 Å². The van der Waals surface area contributed by atoms with Crippen LogP contribution in [0.25, 0.3) is 66.7 Å². The summed E-state index contributed by atoms with van der Waals surface area (Å²) >= 11 is 0. The molecule has 2 aromatic heterocycles. The molecule has 0 saturated heterocycles. The van der Waals surface area contributed by atoms with Crippen LogP contribution in [-0.2, 0) is 0 Å². The normalized spacial score (nSPS) is 11.4. The fraction of sp³-hybridized carbons (Fsp3) is 0.0625. The second-order valence-corrected chi connectivity index (χ2v) is 9.25. The van der Waals surface area contributed by atoms with E-state index in [-0.39, 0.29) is 0 Å². The van der Waals surface area contributed by atoms with Gasteiger partial charge in [0, 0.05) is 25.0 Å². The van der Waals surface area contributed by atoms with Gasteiger partial charge in [0.2, 0.25) is 23.6 Å². The number of benzene rings is 5. The lowest BCUT2D eigenvalue weighted by molar-refractivity contribution is 0.532. The second-order valence-electron chi connectivity index (χ2n) is 9.25. The van der Waals surface area contributed by atoms with E-state index in [1.165, 1.54) is 32.7 Å². The Morgan fingerprint density at radius 3 is 1.00 bits per heavy atom. The quantitative estimate of drug-likeness (QED) is 0.230. The van der Waals surface area contributed by atoms with Crippen LogP contribution in [0.4, 0.5) is 0 Å². The zero-order valence-corrected chi connectivity index (χ0v) is 20.8. The molecule has 0 aliphatic rings. The maximum absolute atomic E-state index is 5.62. The Morgan fingerprint density at radius 1 is 0.395 bits per heavy atom. The van der Waals surface area contributed by atoms with E-state index >= 15 is 0 Å². The Kier molecular flexibility index (Phi) is 5.11. The van der Waals surface area contributed by atoms with Crippen molar-refractivity contribution in [3.63, 3.8) is 0 Å². The molecular weight excluding hydrogens is 472 g/mol. The predicted molar refractivity (Wildman–Crippen MR) is 148 cm³/mol. The highest BCUT2D eigenvalue weighted by Crippen LogP contribution is 2.44. The first-order chi connectivity index (χ1) is 18.7. The molecule has 0 fully saturated rings. The lowest BCUT2D eigenvalue weighted by atomic mass is 9.85. The van der Waals surface area contributed by atoms with Gasteiger partial charge in [-0.3, -0.25) is 0 Å². The van der Waals surface area contributed by atoms with Gasteiger partial charge in [0.15, 0.2) is 0 Å². The van der Waals surface area contributed by atoms with E-state index in [0.29, 0.717) is 23.6 Å². The average molecular weight is 495 g/mol. The predicted octanol–water partition coefficient (Wildman–Crippen LogP) is 8.04. The number of hydrogen-bond donors (Lipinski definition) is 0. The Morgan fingerprint density at radius 2 is 0.711 bits per heavy atom. The van der Waals surface area contributed by atoms with Crippen LogP contribution in [0, 0.1) is 13.8 Å². The molecule has 0 amide bonds. The Hall–Kier alpha value is -5.10. The van der Waals surface area contributed by atoms with Gasteiger partial charge >= 0.3 is 0 Å². The summed E-state index contributed by atoms with van der Waals surface area (Å²) in [5, 5.41) is 21.0. The molecule has 0 saturated carbocycles. The minimum atomic E-state index is 0.526. The summed E-state index contributed by atoms with van der Waals surface area (Å²) in [6.45, 7) is 3.59. The lowest BCUT2D eigenvalue weighted by Crippen LogP contribution is -1.91. The standard InChI is InChI=1S/C32H22N4O2/c1-19-33-35-31(37-19)23-15-11-21(12-16-23)29-25-7-3-5-9-27(25)30(28-10-6-4-8-26(28)29)22-13-17-24(18-14-22)32-36-34-20(2)38-32/h3-18H,1-2H3. The number of nitrogens with zero attached hydrogens (tertiary/aromatic N) is 4. The highest BCUT2D eigenvalue weighted by Gasteiger charge is 2.17. The van der Waals surface area contributed by atoms with Crippen molar-refractivity contribution >= 4 is 21.5 Å². The topological polar surface area (TPSA) is 77.8 Å². The van der Waals surface area contributed by atoms with E-state index in [2.05, 4.69) is 93.2 Å². The zero-order valence-electron chi connectivity index (χ0n) is 20.8. The van der Waals surface area contributed by atoms with Gasteiger partial charge in [-0.05, 0) is 68.1 Å². The molecule has 38 heavy (non-hydrogen) atoms. The van der Waals surface area contributed by atoms with Gasteiger partial charge < -0.3 is 8.83 Å². The maximum Gasteiger partial charge on any atom is 0.247 e. The summed E-state index contributed by atoms with van der Waals surface area (Å²) < 4.78 is 11.2. The SMILES string of the molecule is Cc1nnc(-c2ccc(-c3c4ccccc4c(-c4ccc(-c5nnc(C)o5)cc4)c4ccccc34)cc2)o1. The fourth-order valence-electron chi connectivity index (χ4n) is 5.14. The van der Waals surface area contributed by atoms with Crippen molar-refractivity contribution in [2.75, 3.05) is 0 Å². The van der Waals surface area contributed by atoms with Gasteiger partial charge in [-0.15, -0.1) is 20.4 Å². The minimum absolute atomic E-state index is 0.526. The molecule has 7 aromatic rings. The molecule has 0 N–H and O–H groups in total. The second kappa shape index (κ2) is 8.78. The third-order valence-corrected chi connectivity index (χ3v) is 6.82. The van der Waals surface area contributed by atoms with Gasteiger partial charge in [-0.2, -0.15) is 0 Å². The van der Waals surface area contributed by atoms with Gasteiger partial charge in [-0.1, -0.05) is 72.8 Å². The summed E-state index contributed by atoms with van der Waals surface area (Å²) in [7, 11) is 0. The number of rotatable bonds is 4. The van der Waals surface area contributed by atoms with Crippen LogP contribution < -0.4 is 0 Å². The van der Waals surface area contributed by atoms with Gasteiger partial charge in [-0.25, -0.2) is 0 Å². The van der Waals surface area contributed by atoms with Crippen LogP contribution in [0.2, 0.25) is 0 Å².